The van der Waals surface area contributed by atoms with Crippen LogP contribution in [0.3, 0.4) is 0 Å². The Kier molecular flexibility index (Phi) is 9.79. The highest BCUT2D eigenvalue weighted by atomic mass is 32.2. The highest BCUT2D eigenvalue weighted by Crippen LogP contribution is 2.39. The van der Waals surface area contributed by atoms with Gasteiger partial charge in [-0.3, -0.25) is 9.21 Å². The standard InChI is InChI=1S/C30H32N6O2S3.C2HF3O2/c1-21-5-2-8-27(32-21)35-14-12-34(13-15-35)20-24-18-31-30(40-24)25-17-23-6-3-7-26(29(23)33-25)36(19-22-10-11-22)41(37,38)28-9-4-16-39-28;3-2(4,5)1(6)7/h2-9,16-18,22,33H,10-15,19-20H2,1H3;(H,6,7). The number of sulfonamides is 1. The van der Waals surface area contributed by atoms with Gasteiger partial charge < -0.3 is 15.0 Å². The molecule has 254 valence electrons. The number of piperazine rings is 1. The summed E-state index contributed by atoms with van der Waals surface area (Å²) >= 11 is 2.96. The van der Waals surface area contributed by atoms with Crippen LogP contribution in [0.15, 0.2) is 70.4 Å². The van der Waals surface area contributed by atoms with E-state index in [9.17, 15) is 21.6 Å². The first-order valence-corrected chi connectivity index (χ1v) is 18.4. The molecule has 1 saturated carbocycles. The molecule has 2 aliphatic rings. The van der Waals surface area contributed by atoms with E-state index >= 15 is 0 Å². The van der Waals surface area contributed by atoms with Gasteiger partial charge in [0.05, 0.1) is 16.9 Å². The molecule has 0 bridgehead atoms. The molecule has 5 aromatic rings. The highest BCUT2D eigenvalue weighted by molar-refractivity contribution is 7.94. The van der Waals surface area contributed by atoms with Crippen LogP contribution in [0.1, 0.15) is 23.4 Å². The van der Waals surface area contributed by atoms with Crippen LogP contribution in [-0.2, 0) is 21.4 Å². The van der Waals surface area contributed by atoms with E-state index in [2.05, 4.69) is 38.0 Å². The summed E-state index contributed by atoms with van der Waals surface area (Å²) in [6.07, 6.45) is -0.966. The van der Waals surface area contributed by atoms with Gasteiger partial charge >= 0.3 is 12.1 Å². The number of benzene rings is 1. The van der Waals surface area contributed by atoms with Crippen molar-refractivity contribution in [1.29, 1.82) is 0 Å². The van der Waals surface area contributed by atoms with Gasteiger partial charge in [0.25, 0.3) is 10.0 Å². The number of H-pyrrole nitrogens is 1. The van der Waals surface area contributed by atoms with Crippen molar-refractivity contribution < 1.29 is 31.5 Å². The largest absolute Gasteiger partial charge is 0.490 e. The molecule has 2 N–H and O–H groups in total. The minimum absolute atomic E-state index is 0.377. The maximum absolute atomic E-state index is 13.7. The number of carboxylic acids is 1. The predicted octanol–water partition coefficient (Wildman–Crippen LogP) is 6.62. The number of fused-ring (bicyclic) bond motifs is 1. The molecule has 1 aliphatic carbocycles. The van der Waals surface area contributed by atoms with Crippen LogP contribution in [0.4, 0.5) is 24.7 Å². The van der Waals surface area contributed by atoms with Crippen LogP contribution in [-0.4, -0.2) is 78.2 Å². The van der Waals surface area contributed by atoms with Gasteiger partial charge in [-0.2, -0.15) is 13.2 Å². The zero-order valence-corrected chi connectivity index (χ0v) is 28.3. The summed E-state index contributed by atoms with van der Waals surface area (Å²) in [5.41, 5.74) is 3.50. The molecule has 0 amide bonds. The Morgan fingerprint density at radius 3 is 2.46 bits per heavy atom. The summed E-state index contributed by atoms with van der Waals surface area (Å²) in [7, 11) is -3.64. The summed E-state index contributed by atoms with van der Waals surface area (Å²) in [6, 6.07) is 17.7. The minimum atomic E-state index is -5.08. The van der Waals surface area contributed by atoms with Gasteiger partial charge in [0, 0.05) is 61.4 Å². The predicted molar refractivity (Wildman–Crippen MR) is 181 cm³/mol. The molecule has 48 heavy (non-hydrogen) atoms. The molecule has 2 fully saturated rings. The van der Waals surface area contributed by atoms with E-state index in [1.165, 1.54) is 16.2 Å². The third kappa shape index (κ3) is 7.83. The number of carboxylic acid groups (broad SMARTS) is 1. The molecule has 0 atom stereocenters. The lowest BCUT2D eigenvalue weighted by Crippen LogP contribution is -2.46. The van der Waals surface area contributed by atoms with Crippen molar-refractivity contribution in [2.75, 3.05) is 41.9 Å². The molecule has 0 radical (unpaired) electrons. The normalized spacial score (nSPS) is 15.7. The summed E-state index contributed by atoms with van der Waals surface area (Å²) < 4.78 is 61.1. The molecule has 7 rings (SSSR count). The Morgan fingerprint density at radius 1 is 1.08 bits per heavy atom. The van der Waals surface area contributed by atoms with Crippen LogP contribution in [0.2, 0.25) is 0 Å². The number of thiazole rings is 1. The maximum Gasteiger partial charge on any atom is 0.490 e. The number of carbonyl (C=O) groups is 1. The number of aryl methyl sites for hydroxylation is 1. The number of rotatable bonds is 9. The number of halogens is 3. The molecule has 10 nitrogen and oxygen atoms in total. The number of hydrogen-bond donors (Lipinski definition) is 2. The number of aromatic amines is 1. The fourth-order valence-electron chi connectivity index (χ4n) is 5.41. The van der Waals surface area contributed by atoms with Crippen LogP contribution in [0.5, 0.6) is 0 Å². The number of alkyl halides is 3. The second kappa shape index (κ2) is 13.9. The Bertz CT molecular complexity index is 1980. The molecule has 16 heteroatoms. The van der Waals surface area contributed by atoms with E-state index in [-0.39, 0.29) is 0 Å². The fourth-order valence-corrected chi connectivity index (χ4v) is 8.99. The van der Waals surface area contributed by atoms with E-state index < -0.39 is 22.2 Å². The molecule has 5 heterocycles. The average Bonchev–Trinajstić information content (AvgIpc) is 3.42. The SMILES string of the molecule is Cc1cccc(N2CCN(Cc3cnc(-c4cc5cccc(N(CC6CC6)S(=O)(=O)c6cccs6)c5[nH]4)s3)CC2)n1.O=C(O)C(F)(F)F. The van der Waals surface area contributed by atoms with Gasteiger partial charge in [0.2, 0.25) is 0 Å². The lowest BCUT2D eigenvalue weighted by Gasteiger charge is -2.35. The number of nitrogens with one attached hydrogen (secondary N) is 1. The Labute approximate surface area is 283 Å². The Hall–Kier alpha value is -3.99. The van der Waals surface area contributed by atoms with Gasteiger partial charge in [-0.15, -0.1) is 22.7 Å². The topological polar surface area (TPSA) is 123 Å². The van der Waals surface area contributed by atoms with Gasteiger partial charge in [-0.05, 0) is 61.4 Å². The first kappa shape index (κ1) is 33.9. The van der Waals surface area contributed by atoms with Crippen molar-refractivity contribution in [3.8, 4) is 10.7 Å². The van der Waals surface area contributed by atoms with Crippen LogP contribution in [0.25, 0.3) is 21.6 Å². The number of aliphatic carboxylic acids is 1. The molecule has 0 spiro atoms. The third-order valence-corrected chi connectivity index (χ3v) is 12.2. The van der Waals surface area contributed by atoms with Gasteiger partial charge in [-0.1, -0.05) is 24.3 Å². The number of pyridine rings is 1. The number of nitrogens with zero attached hydrogens (tertiary/aromatic N) is 5. The second-order valence-corrected chi connectivity index (χ2v) is 15.8. The molecule has 1 aromatic carbocycles. The third-order valence-electron chi connectivity index (χ3n) is 8.04. The van der Waals surface area contributed by atoms with Gasteiger partial charge in [-0.25, -0.2) is 23.2 Å². The minimum Gasteiger partial charge on any atom is -0.475 e. The van der Waals surface area contributed by atoms with Crippen LogP contribution >= 0.6 is 22.7 Å². The van der Waals surface area contributed by atoms with E-state index in [1.54, 1.807) is 27.8 Å². The summed E-state index contributed by atoms with van der Waals surface area (Å²) in [5, 5.41) is 10.8. The lowest BCUT2D eigenvalue weighted by atomic mass is 10.2. The van der Waals surface area contributed by atoms with Gasteiger partial charge in [0.1, 0.15) is 15.0 Å². The van der Waals surface area contributed by atoms with Crippen molar-refractivity contribution in [3.63, 3.8) is 0 Å². The number of thiophene rings is 1. The molecule has 1 saturated heterocycles. The summed E-state index contributed by atoms with van der Waals surface area (Å²) in [4.78, 5) is 27.9. The molecule has 0 unspecified atom stereocenters. The van der Waals surface area contributed by atoms with Crippen LogP contribution < -0.4 is 9.21 Å². The lowest BCUT2D eigenvalue weighted by molar-refractivity contribution is -0.192. The van der Waals surface area contributed by atoms with Crippen molar-refractivity contribution >= 4 is 61.1 Å². The first-order chi connectivity index (χ1) is 22.9. The summed E-state index contributed by atoms with van der Waals surface area (Å²) in [5.74, 6) is -1.29. The average molecular weight is 719 g/mol. The monoisotopic (exact) mass is 718 g/mol. The van der Waals surface area contributed by atoms with Crippen molar-refractivity contribution in [1.82, 2.24) is 19.9 Å². The zero-order chi connectivity index (χ0) is 34.1. The summed E-state index contributed by atoms with van der Waals surface area (Å²) in [6.45, 7) is 7.28. The Morgan fingerprint density at radius 2 is 1.81 bits per heavy atom. The van der Waals surface area contributed by atoms with Crippen molar-refractivity contribution in [3.05, 3.63) is 76.7 Å². The highest BCUT2D eigenvalue weighted by Gasteiger charge is 2.38. The van der Waals surface area contributed by atoms with Gasteiger partial charge in [0.15, 0.2) is 0 Å². The van der Waals surface area contributed by atoms with Crippen molar-refractivity contribution in [2.24, 2.45) is 5.92 Å². The quantitative estimate of drug-likeness (QED) is 0.175. The number of aromatic nitrogens is 3. The molecule has 1 aliphatic heterocycles. The Balaban J connectivity index is 0.000000519. The van der Waals surface area contributed by atoms with Crippen LogP contribution in [0, 0.1) is 12.8 Å². The van der Waals surface area contributed by atoms with E-state index in [0.717, 1.165) is 78.7 Å². The number of para-hydroxylation sites is 1. The molecular formula is C32H33F3N6O4S3. The fraction of sp³-hybridized carbons (Fsp3) is 0.344. The maximum atomic E-state index is 13.7. The second-order valence-electron chi connectivity index (χ2n) is 11.7. The van der Waals surface area contributed by atoms with E-state index in [4.69, 9.17) is 14.9 Å². The number of hydrogen-bond acceptors (Lipinski definition) is 9. The van der Waals surface area contributed by atoms with E-state index in [1.807, 2.05) is 42.8 Å². The molecule has 4 aromatic heterocycles. The van der Waals surface area contributed by atoms with Crippen molar-refractivity contribution in [2.45, 2.75) is 36.7 Å². The zero-order valence-electron chi connectivity index (χ0n) is 25.9. The smallest absolute Gasteiger partial charge is 0.475 e. The molecular weight excluding hydrogens is 686 g/mol. The first-order valence-electron chi connectivity index (χ1n) is 15.2. The number of anilines is 2. The van der Waals surface area contributed by atoms with E-state index in [0.29, 0.717) is 22.4 Å².